The minimum absolute atomic E-state index is 0.0624. The molecule has 5 heterocycles. The van der Waals surface area contributed by atoms with E-state index in [4.69, 9.17) is 37.9 Å². The number of hydrogen-bond acceptors (Lipinski definition) is 16. The molecule has 8 fully saturated rings. The first-order valence-corrected chi connectivity index (χ1v) is 23.2. The first-order valence-electron chi connectivity index (χ1n) is 23.2. The average molecular weight is 883 g/mol. The third kappa shape index (κ3) is 7.64. The van der Waals surface area contributed by atoms with Crippen LogP contribution in [-0.2, 0) is 42.7 Å². The zero-order chi connectivity index (χ0) is 44.3. The van der Waals surface area contributed by atoms with Crippen LogP contribution in [0.2, 0.25) is 0 Å². The van der Waals surface area contributed by atoms with Crippen LogP contribution in [0.15, 0.2) is 11.6 Å². The maximum Gasteiger partial charge on any atom is 0.335 e. The predicted octanol–water partition coefficient (Wildman–Crippen LogP) is 0.842. The molecule has 62 heavy (non-hydrogen) atoms. The topological polar surface area (TPSA) is 256 Å². The largest absolute Gasteiger partial charge is 0.479 e. The summed E-state index contributed by atoms with van der Waals surface area (Å²) in [5.41, 5.74) is 1.21. The van der Waals surface area contributed by atoms with Gasteiger partial charge in [-0.05, 0) is 97.2 Å². The highest BCUT2D eigenvalue weighted by Crippen LogP contribution is 2.68. The summed E-state index contributed by atoms with van der Waals surface area (Å²) in [4.78, 5) is 12.3. The molecule has 5 aliphatic heterocycles. The van der Waals surface area contributed by atoms with Crippen molar-refractivity contribution < 1.29 is 83.5 Å². The van der Waals surface area contributed by atoms with E-state index in [1.54, 1.807) is 0 Å². The van der Waals surface area contributed by atoms with Gasteiger partial charge in [-0.1, -0.05) is 53.2 Å². The Morgan fingerprint density at radius 1 is 0.661 bits per heavy atom. The van der Waals surface area contributed by atoms with Crippen LogP contribution in [-0.4, -0.2) is 170 Å². The Kier molecular flexibility index (Phi) is 12.6. The Hall–Kier alpha value is -1.39. The average Bonchev–Trinajstić information content (AvgIpc) is 3.95. The van der Waals surface area contributed by atoms with Gasteiger partial charge in [-0.2, -0.15) is 0 Å². The fourth-order valence-electron chi connectivity index (χ4n) is 13.5. The van der Waals surface area contributed by atoms with Gasteiger partial charge in [0.1, 0.15) is 61.0 Å². The molecule has 4 bridgehead atoms. The second-order valence-electron chi connectivity index (χ2n) is 21.2. The van der Waals surface area contributed by atoms with Crippen molar-refractivity contribution in [1.29, 1.82) is 0 Å². The number of aliphatic carboxylic acids is 1. The van der Waals surface area contributed by atoms with E-state index < -0.39 is 111 Å². The number of rotatable bonds is 5. The molecule has 3 saturated carbocycles. The molecule has 9 rings (SSSR count). The van der Waals surface area contributed by atoms with Gasteiger partial charge in [0, 0.05) is 0 Å². The van der Waals surface area contributed by atoms with Crippen LogP contribution < -0.4 is 0 Å². The summed E-state index contributed by atoms with van der Waals surface area (Å²) in [6.07, 6.45) is -15.5. The van der Waals surface area contributed by atoms with E-state index in [-0.39, 0.29) is 35.4 Å². The first kappa shape index (κ1) is 45.8. The number of aliphatic hydroxyl groups is 7. The van der Waals surface area contributed by atoms with Gasteiger partial charge in [-0.15, -0.1) is 0 Å². The molecule has 26 atom stereocenters. The third-order valence-corrected chi connectivity index (χ3v) is 17.6. The van der Waals surface area contributed by atoms with Crippen LogP contribution >= 0.6 is 0 Å². The van der Waals surface area contributed by atoms with Crippen molar-refractivity contribution in [2.45, 2.75) is 197 Å². The number of carboxylic acids is 1. The van der Waals surface area contributed by atoms with Gasteiger partial charge >= 0.3 is 5.97 Å². The van der Waals surface area contributed by atoms with Crippen LogP contribution in [0.5, 0.6) is 0 Å². The SMILES string of the molecule is CC(C)C(C)C1OC1C(C)C1CCC2C3=CC4OCC5OC(OC6C(OCC(O)C6O)OC6C(OC7CCC(C)(C3CCC21C)C4C7)OC(C(=O)O)C(O)C6O)C(O)C(O)C5O. The summed E-state index contributed by atoms with van der Waals surface area (Å²) in [7, 11) is 0. The molecule has 26 unspecified atom stereocenters. The van der Waals surface area contributed by atoms with E-state index in [9.17, 15) is 45.6 Å². The van der Waals surface area contributed by atoms with Crippen LogP contribution in [0.1, 0.15) is 86.5 Å². The minimum atomic E-state index is -1.95. The summed E-state index contributed by atoms with van der Waals surface area (Å²) < 4.78 is 49.8. The fourth-order valence-corrected chi connectivity index (χ4v) is 13.5. The van der Waals surface area contributed by atoms with Gasteiger partial charge < -0.3 is 78.7 Å². The maximum absolute atomic E-state index is 12.3. The lowest BCUT2D eigenvalue weighted by atomic mass is 9.47. The molecule has 0 aromatic carbocycles. The summed E-state index contributed by atoms with van der Waals surface area (Å²) in [6, 6.07) is 0. The number of carboxylic acid groups (broad SMARTS) is 1. The molecule has 0 radical (unpaired) electrons. The van der Waals surface area contributed by atoms with Crippen molar-refractivity contribution in [3.8, 4) is 0 Å². The highest BCUT2D eigenvalue weighted by atomic mass is 16.8. The zero-order valence-electron chi connectivity index (χ0n) is 36.6. The Labute approximate surface area is 362 Å². The lowest BCUT2D eigenvalue weighted by Gasteiger charge is -2.60. The third-order valence-electron chi connectivity index (χ3n) is 17.6. The van der Waals surface area contributed by atoms with Gasteiger partial charge in [0.2, 0.25) is 0 Å². The Morgan fingerprint density at radius 3 is 2.08 bits per heavy atom. The Bertz CT molecular complexity index is 1660. The molecular formula is C45H70O17. The van der Waals surface area contributed by atoms with Crippen LogP contribution in [0.25, 0.3) is 0 Å². The molecular weight excluding hydrogens is 812 g/mol. The van der Waals surface area contributed by atoms with Crippen molar-refractivity contribution in [2.24, 2.45) is 52.3 Å². The quantitative estimate of drug-likeness (QED) is 0.141. The molecule has 0 aromatic rings. The highest BCUT2D eigenvalue weighted by molar-refractivity contribution is 5.73. The number of carbonyl (C=O) groups is 1. The van der Waals surface area contributed by atoms with Crippen molar-refractivity contribution in [1.82, 2.24) is 0 Å². The normalized spacial score (nSPS) is 55.1. The van der Waals surface area contributed by atoms with E-state index in [0.717, 1.165) is 32.1 Å². The monoisotopic (exact) mass is 882 g/mol. The van der Waals surface area contributed by atoms with E-state index in [0.29, 0.717) is 48.5 Å². The number of epoxide rings is 1. The van der Waals surface area contributed by atoms with E-state index in [2.05, 4.69) is 47.6 Å². The summed E-state index contributed by atoms with van der Waals surface area (Å²) in [5, 5.41) is 87.6. The van der Waals surface area contributed by atoms with Gasteiger partial charge in [0.25, 0.3) is 0 Å². The van der Waals surface area contributed by atoms with Crippen LogP contribution in [0.3, 0.4) is 0 Å². The molecule has 17 nitrogen and oxygen atoms in total. The van der Waals surface area contributed by atoms with Crippen LogP contribution in [0.4, 0.5) is 0 Å². The van der Waals surface area contributed by atoms with Gasteiger partial charge in [0.15, 0.2) is 25.0 Å². The lowest BCUT2D eigenvalue weighted by Crippen LogP contribution is -2.66. The molecule has 17 heteroatoms. The van der Waals surface area contributed by atoms with Crippen molar-refractivity contribution in [3.05, 3.63) is 11.6 Å². The van der Waals surface area contributed by atoms with Gasteiger partial charge in [0.05, 0.1) is 37.6 Å². The second kappa shape index (κ2) is 17.0. The predicted molar refractivity (Wildman–Crippen MR) is 214 cm³/mol. The molecule has 4 aliphatic carbocycles. The van der Waals surface area contributed by atoms with E-state index in [1.807, 2.05) is 0 Å². The summed E-state index contributed by atoms with van der Waals surface area (Å²) in [5.74, 6) is 0.899. The molecule has 0 amide bonds. The van der Waals surface area contributed by atoms with Gasteiger partial charge in [-0.3, -0.25) is 0 Å². The van der Waals surface area contributed by atoms with Gasteiger partial charge in [-0.25, -0.2) is 4.79 Å². The Morgan fingerprint density at radius 2 is 1.35 bits per heavy atom. The van der Waals surface area contributed by atoms with Crippen LogP contribution in [0, 0.1) is 52.3 Å². The Balaban J connectivity index is 1.05. The molecule has 0 spiro atoms. The lowest BCUT2D eigenvalue weighted by molar-refractivity contribution is -0.386. The maximum atomic E-state index is 12.3. The molecule has 352 valence electrons. The number of ether oxygens (including phenoxy) is 8. The van der Waals surface area contributed by atoms with Crippen molar-refractivity contribution in [2.75, 3.05) is 13.2 Å². The molecule has 0 aromatic heterocycles. The number of hydrogen-bond donors (Lipinski definition) is 8. The van der Waals surface area contributed by atoms with Crippen molar-refractivity contribution in [3.63, 3.8) is 0 Å². The number of allylic oxidation sites excluding steroid dienone is 1. The van der Waals surface area contributed by atoms with E-state index in [1.165, 1.54) is 5.57 Å². The zero-order valence-corrected chi connectivity index (χ0v) is 36.6. The van der Waals surface area contributed by atoms with E-state index >= 15 is 0 Å². The fraction of sp³-hybridized carbons (Fsp3) is 0.933. The molecule has 9 aliphatic rings. The highest BCUT2D eigenvalue weighted by Gasteiger charge is 2.63. The minimum Gasteiger partial charge on any atom is -0.479 e. The van der Waals surface area contributed by atoms with Crippen molar-refractivity contribution >= 4 is 5.97 Å². The molecule has 8 N–H and O–H groups in total. The standard InChI is InChI=1S/C45H70O17/c1-17(2)18(3)35-36(59-35)19(4)22-7-8-23-21-14-27-25-13-20(9-11-45(25,6)24(21)10-12-44(22,23)5)57-43-39(33(51)32(50)37(60-43)40(53)54)62-42-38(29(47)26(46)15-56-42)61-41-34(52)31(49)30(48)28(58-41)16-55-27/h14,17-20,22-39,41-43,46-52H,7-13,15-16H2,1-6H3,(H,53,54). The smallest absolute Gasteiger partial charge is 0.335 e. The summed E-state index contributed by atoms with van der Waals surface area (Å²) >= 11 is 0. The second-order valence-corrected chi connectivity index (χ2v) is 21.2. The number of aliphatic hydroxyl groups excluding tert-OH is 7. The number of fused-ring (bicyclic) bond motifs is 9. The molecule has 5 saturated heterocycles. The summed E-state index contributed by atoms with van der Waals surface area (Å²) in [6.45, 7) is 13.4. The first-order chi connectivity index (χ1) is 29.3.